The van der Waals surface area contributed by atoms with Crippen molar-refractivity contribution in [2.75, 3.05) is 6.61 Å². The number of carbonyl (C=O) groups excluding carboxylic acids is 2. The molecule has 32 heavy (non-hydrogen) atoms. The zero-order valence-corrected chi connectivity index (χ0v) is 20.2. The van der Waals surface area contributed by atoms with E-state index < -0.39 is 27.5 Å². The topological polar surface area (TPSA) is 107 Å². The fourth-order valence-electron chi connectivity index (χ4n) is 3.36. The van der Waals surface area contributed by atoms with Crippen molar-refractivity contribution in [3.8, 4) is 0 Å². The fraction of sp³-hybridized carbons (Fsp3) is 0.667. The Morgan fingerprint density at radius 2 is 1.31 bits per heavy atom. The highest BCUT2D eigenvalue weighted by Crippen LogP contribution is 2.17. The first kappa shape index (κ1) is 28.1. The Bertz CT molecular complexity index is 789. The number of esters is 2. The maximum absolute atomic E-state index is 12.5. The van der Waals surface area contributed by atoms with Crippen molar-refractivity contribution < 1.29 is 32.0 Å². The van der Waals surface area contributed by atoms with Crippen LogP contribution < -0.4 is 0 Å². The van der Waals surface area contributed by atoms with Gasteiger partial charge >= 0.3 is 22.1 Å². The van der Waals surface area contributed by atoms with Gasteiger partial charge in [-0.3, -0.25) is 4.55 Å². The van der Waals surface area contributed by atoms with E-state index in [1.165, 1.54) is 63.1 Å². The third kappa shape index (κ3) is 11.1. The van der Waals surface area contributed by atoms with Gasteiger partial charge in [0.05, 0.1) is 17.7 Å². The van der Waals surface area contributed by atoms with E-state index in [0.29, 0.717) is 6.42 Å². The summed E-state index contributed by atoms with van der Waals surface area (Å²) in [6, 6.07) is 5.92. The SMILES string of the molecule is CCCCCCCCCCCCOC(=O)c1ccccc1C(=O)OC(CCC)S(=O)(=O)O. The lowest BCUT2D eigenvalue weighted by Crippen LogP contribution is -2.27. The minimum atomic E-state index is -4.56. The lowest BCUT2D eigenvalue weighted by atomic mass is 10.1. The molecule has 1 rings (SSSR count). The summed E-state index contributed by atoms with van der Waals surface area (Å²) in [5, 5.41) is 0. The Hall–Kier alpha value is -1.93. The number of benzene rings is 1. The molecule has 7 nitrogen and oxygen atoms in total. The molecule has 0 aromatic heterocycles. The normalized spacial score (nSPS) is 12.3. The Balaban J connectivity index is 2.45. The van der Waals surface area contributed by atoms with Gasteiger partial charge in [-0.1, -0.05) is 90.2 Å². The number of rotatable bonds is 17. The maximum Gasteiger partial charge on any atom is 0.340 e. The number of unbranched alkanes of at least 4 members (excludes halogenated alkanes) is 9. The van der Waals surface area contributed by atoms with Crippen molar-refractivity contribution in [2.24, 2.45) is 0 Å². The lowest BCUT2D eigenvalue weighted by Gasteiger charge is -2.15. The standard InChI is InChI=1S/C24H38O7S/c1-3-5-6-7-8-9-10-11-12-15-19-30-23(25)20-17-13-14-18-21(20)24(26)31-22(16-4-2)32(27,28)29/h13-14,17-18,22H,3-12,15-16,19H2,1-2H3,(H,27,28,29). The zero-order chi connectivity index (χ0) is 23.8. The van der Waals surface area contributed by atoms with Crippen molar-refractivity contribution in [2.45, 2.75) is 96.3 Å². The van der Waals surface area contributed by atoms with Crippen LogP contribution in [0.3, 0.4) is 0 Å². The van der Waals surface area contributed by atoms with E-state index in [1.807, 2.05) is 0 Å². The monoisotopic (exact) mass is 470 g/mol. The van der Waals surface area contributed by atoms with Crippen molar-refractivity contribution >= 4 is 22.1 Å². The van der Waals surface area contributed by atoms with Gasteiger partial charge in [0, 0.05) is 6.42 Å². The number of hydrogen-bond donors (Lipinski definition) is 1. The molecule has 0 aliphatic carbocycles. The first-order valence-electron chi connectivity index (χ1n) is 11.7. The van der Waals surface area contributed by atoms with Crippen LogP contribution in [0, 0.1) is 0 Å². The van der Waals surface area contributed by atoms with Gasteiger partial charge in [-0.2, -0.15) is 8.42 Å². The molecular formula is C24H38O7S. The van der Waals surface area contributed by atoms with Gasteiger partial charge in [0.25, 0.3) is 0 Å². The number of hydrogen-bond acceptors (Lipinski definition) is 6. The quantitative estimate of drug-likeness (QED) is 0.171. The molecule has 0 heterocycles. The second-order valence-corrected chi connectivity index (χ2v) is 9.56. The first-order valence-corrected chi connectivity index (χ1v) is 13.2. The Morgan fingerprint density at radius 1 is 0.812 bits per heavy atom. The molecule has 0 bridgehead atoms. The molecule has 0 amide bonds. The molecule has 1 atom stereocenters. The van der Waals surface area contributed by atoms with Crippen LogP contribution in [0.2, 0.25) is 0 Å². The van der Waals surface area contributed by atoms with E-state index in [1.54, 1.807) is 13.0 Å². The average molecular weight is 471 g/mol. The van der Waals surface area contributed by atoms with E-state index in [2.05, 4.69) is 6.92 Å². The van der Waals surface area contributed by atoms with Gasteiger partial charge in [-0.05, 0) is 18.6 Å². The molecule has 0 aliphatic rings. The zero-order valence-electron chi connectivity index (χ0n) is 19.4. The van der Waals surface area contributed by atoms with Crippen LogP contribution in [0.5, 0.6) is 0 Å². The third-order valence-corrected chi connectivity index (χ3v) is 6.19. The van der Waals surface area contributed by atoms with Gasteiger partial charge < -0.3 is 9.47 Å². The minimum absolute atomic E-state index is 0.00941. The molecule has 0 spiro atoms. The minimum Gasteiger partial charge on any atom is -0.462 e. The predicted molar refractivity (Wildman–Crippen MR) is 124 cm³/mol. The maximum atomic E-state index is 12.5. The molecule has 0 aliphatic heterocycles. The van der Waals surface area contributed by atoms with Crippen LogP contribution in [-0.2, 0) is 19.6 Å². The Labute approximate surface area is 192 Å². The molecule has 1 aromatic carbocycles. The smallest absolute Gasteiger partial charge is 0.340 e. The highest BCUT2D eigenvalue weighted by atomic mass is 32.2. The summed E-state index contributed by atoms with van der Waals surface area (Å²) in [5.74, 6) is -1.65. The van der Waals surface area contributed by atoms with E-state index in [9.17, 15) is 22.6 Å². The number of carbonyl (C=O) groups is 2. The summed E-state index contributed by atoms with van der Waals surface area (Å²) in [6.45, 7) is 4.16. The summed E-state index contributed by atoms with van der Waals surface area (Å²) in [7, 11) is -4.56. The van der Waals surface area contributed by atoms with Crippen LogP contribution >= 0.6 is 0 Å². The summed E-state index contributed by atoms with van der Waals surface area (Å²) in [6.07, 6.45) is 12.0. The molecule has 1 N–H and O–H groups in total. The van der Waals surface area contributed by atoms with E-state index in [-0.39, 0.29) is 24.2 Å². The van der Waals surface area contributed by atoms with Crippen LogP contribution in [0.15, 0.2) is 24.3 Å². The second-order valence-electron chi connectivity index (χ2n) is 8.00. The highest BCUT2D eigenvalue weighted by Gasteiger charge is 2.28. The summed E-state index contributed by atoms with van der Waals surface area (Å²) >= 11 is 0. The van der Waals surface area contributed by atoms with Gasteiger partial charge in [0.15, 0.2) is 0 Å². The third-order valence-electron chi connectivity index (χ3n) is 5.19. The summed E-state index contributed by atoms with van der Waals surface area (Å²) < 4.78 is 42.4. The average Bonchev–Trinajstić information content (AvgIpc) is 2.76. The number of ether oxygens (including phenoxy) is 2. The molecule has 0 fully saturated rings. The van der Waals surface area contributed by atoms with Crippen molar-refractivity contribution in [1.29, 1.82) is 0 Å². The van der Waals surface area contributed by atoms with Gasteiger partial charge in [0.2, 0.25) is 5.44 Å². The van der Waals surface area contributed by atoms with E-state index in [0.717, 1.165) is 19.3 Å². The second kappa shape index (κ2) is 15.8. The molecule has 0 saturated carbocycles. The van der Waals surface area contributed by atoms with Crippen LogP contribution in [0.4, 0.5) is 0 Å². The molecule has 1 unspecified atom stereocenters. The van der Waals surface area contributed by atoms with Crippen LogP contribution in [-0.4, -0.2) is 37.0 Å². The lowest BCUT2D eigenvalue weighted by molar-refractivity contribution is 0.0395. The molecule has 182 valence electrons. The summed E-state index contributed by atoms with van der Waals surface area (Å²) in [4.78, 5) is 24.9. The van der Waals surface area contributed by atoms with E-state index in [4.69, 9.17) is 9.47 Å². The Morgan fingerprint density at radius 3 is 1.81 bits per heavy atom. The van der Waals surface area contributed by atoms with Crippen molar-refractivity contribution in [3.63, 3.8) is 0 Å². The first-order chi connectivity index (χ1) is 15.3. The summed E-state index contributed by atoms with van der Waals surface area (Å²) in [5.41, 5.74) is -1.75. The molecule has 1 aromatic rings. The van der Waals surface area contributed by atoms with Crippen molar-refractivity contribution in [1.82, 2.24) is 0 Å². The fourth-order valence-corrected chi connectivity index (χ4v) is 4.10. The van der Waals surface area contributed by atoms with E-state index >= 15 is 0 Å². The molecule has 0 radical (unpaired) electrons. The predicted octanol–water partition coefficient (Wildman–Crippen LogP) is 5.94. The molecule has 8 heteroatoms. The van der Waals surface area contributed by atoms with Gasteiger partial charge in [-0.15, -0.1) is 0 Å². The van der Waals surface area contributed by atoms with Crippen LogP contribution in [0.1, 0.15) is 112 Å². The molecule has 0 saturated heterocycles. The van der Waals surface area contributed by atoms with Crippen LogP contribution in [0.25, 0.3) is 0 Å². The van der Waals surface area contributed by atoms with Gasteiger partial charge in [-0.25, -0.2) is 9.59 Å². The van der Waals surface area contributed by atoms with Crippen molar-refractivity contribution in [3.05, 3.63) is 35.4 Å². The largest absolute Gasteiger partial charge is 0.462 e. The molecular weight excluding hydrogens is 432 g/mol. The highest BCUT2D eigenvalue weighted by molar-refractivity contribution is 7.86. The van der Waals surface area contributed by atoms with Gasteiger partial charge in [0.1, 0.15) is 0 Å². The Kier molecular flexibility index (Phi) is 13.9.